The number of carbonyl (C=O) groups is 3. The number of benzene rings is 1. The maximum atomic E-state index is 13.0. The van der Waals surface area contributed by atoms with Crippen molar-refractivity contribution in [1.82, 2.24) is 9.80 Å². The van der Waals surface area contributed by atoms with Gasteiger partial charge in [0.2, 0.25) is 5.88 Å². The predicted octanol–water partition coefficient (Wildman–Crippen LogP) is 0.540. The molecule has 0 atom stereocenters. The van der Waals surface area contributed by atoms with E-state index in [9.17, 15) is 27.4 Å². The molecule has 0 saturated carbocycles. The van der Waals surface area contributed by atoms with Crippen LogP contribution in [0.2, 0.25) is 0 Å². The second-order valence-corrected chi connectivity index (χ2v) is 10.2. The van der Waals surface area contributed by atoms with Crippen LogP contribution in [0.1, 0.15) is 46.0 Å². The SMILES string of the molecule is CCCCN1C(=O)C(=CC=CC=C2Oc3ccccc3N2CCCS(=O)(=O)[O-])C(=O)N(CCCC)C1=O.[Na+]. The Hall–Kier alpha value is -2.44. The van der Waals surface area contributed by atoms with Crippen LogP contribution < -0.4 is 39.2 Å². The summed E-state index contributed by atoms with van der Waals surface area (Å²) in [5.41, 5.74) is 0.646. The molecule has 0 aromatic heterocycles. The minimum atomic E-state index is -4.33. The zero-order valence-electron chi connectivity index (χ0n) is 22.1. The monoisotopic (exact) mass is 553 g/mol. The first-order valence-electron chi connectivity index (χ1n) is 12.4. The van der Waals surface area contributed by atoms with Crippen molar-refractivity contribution >= 4 is 33.7 Å². The fraction of sp³-hybridized carbons (Fsp3) is 0.423. The number of ether oxygens (including phenoxy) is 1. The number of fused-ring (bicyclic) bond motifs is 1. The summed E-state index contributed by atoms with van der Waals surface area (Å²) in [6, 6.07) is 6.63. The Morgan fingerprint density at radius 3 is 1.97 bits per heavy atom. The van der Waals surface area contributed by atoms with Crippen LogP contribution in [0.4, 0.5) is 10.5 Å². The number of anilines is 1. The summed E-state index contributed by atoms with van der Waals surface area (Å²) in [7, 11) is -4.33. The largest absolute Gasteiger partial charge is 1.00 e. The molecule has 0 spiro atoms. The molecule has 4 amide bonds. The maximum Gasteiger partial charge on any atom is 1.00 e. The average molecular weight is 554 g/mol. The second-order valence-electron chi connectivity index (χ2n) is 8.71. The molecule has 0 radical (unpaired) electrons. The molecule has 2 heterocycles. The van der Waals surface area contributed by atoms with Crippen LogP contribution >= 0.6 is 0 Å². The molecule has 0 aliphatic carbocycles. The normalized spacial score (nSPS) is 16.8. The van der Waals surface area contributed by atoms with Crippen LogP contribution in [-0.2, 0) is 19.7 Å². The number of imide groups is 2. The minimum Gasteiger partial charge on any atom is -0.748 e. The average Bonchev–Trinajstić information content (AvgIpc) is 3.20. The van der Waals surface area contributed by atoms with Crippen molar-refractivity contribution in [2.75, 3.05) is 30.3 Å². The van der Waals surface area contributed by atoms with E-state index >= 15 is 0 Å². The number of unbranched alkanes of at least 4 members (excludes halogenated alkanes) is 2. The molecule has 12 heteroatoms. The molecule has 38 heavy (non-hydrogen) atoms. The van der Waals surface area contributed by atoms with E-state index in [1.165, 1.54) is 12.2 Å². The van der Waals surface area contributed by atoms with Gasteiger partial charge in [0, 0.05) is 25.4 Å². The molecule has 2 aliphatic heterocycles. The van der Waals surface area contributed by atoms with E-state index in [2.05, 4.69) is 0 Å². The summed E-state index contributed by atoms with van der Waals surface area (Å²) in [6.07, 6.45) is 9.13. The van der Waals surface area contributed by atoms with Crippen molar-refractivity contribution in [3.05, 3.63) is 60.0 Å². The summed E-state index contributed by atoms with van der Waals surface area (Å²) in [6.45, 7) is 4.65. The number of para-hydroxylation sites is 2. The first-order chi connectivity index (χ1) is 17.7. The van der Waals surface area contributed by atoms with Gasteiger partial charge in [-0.25, -0.2) is 13.2 Å². The standard InChI is InChI=1S/C26H33N3O7S.Na/c1-3-5-16-28-24(30)20(25(31)29(26(28)32)17-6-4-2)12-7-10-15-23-27(18-11-19-37(33,34)35)21-13-8-9-14-22(21)36-23;/h7-10,12-15H,3-6,11,16-19H2,1-2H3,(H,33,34,35);/q;+1/p-1. The van der Waals surface area contributed by atoms with Gasteiger partial charge in [-0.1, -0.05) is 51.0 Å². The molecule has 3 rings (SSSR count). The van der Waals surface area contributed by atoms with Crippen LogP contribution in [-0.4, -0.2) is 66.0 Å². The first kappa shape index (κ1) is 31.8. The zero-order chi connectivity index (χ0) is 27.0. The van der Waals surface area contributed by atoms with Crippen molar-refractivity contribution in [3.8, 4) is 5.75 Å². The Morgan fingerprint density at radius 1 is 0.842 bits per heavy atom. The summed E-state index contributed by atoms with van der Waals surface area (Å²) in [4.78, 5) is 42.7. The molecule has 0 bridgehead atoms. The van der Waals surface area contributed by atoms with Crippen molar-refractivity contribution in [1.29, 1.82) is 0 Å². The number of hydrogen-bond donors (Lipinski definition) is 0. The van der Waals surface area contributed by atoms with Gasteiger partial charge < -0.3 is 14.2 Å². The molecule has 1 saturated heterocycles. The van der Waals surface area contributed by atoms with Gasteiger partial charge in [0.1, 0.15) is 5.57 Å². The Bertz CT molecular complexity index is 1190. The molecule has 200 valence electrons. The Morgan fingerprint density at radius 2 is 1.39 bits per heavy atom. The molecular formula is C26H32N3NaO7S. The number of urea groups is 1. The van der Waals surface area contributed by atoms with E-state index in [0.29, 0.717) is 24.5 Å². The Kier molecular flexibility index (Phi) is 12.2. The summed E-state index contributed by atoms with van der Waals surface area (Å²) in [5, 5.41) is 0. The Labute approximate surface area is 246 Å². The summed E-state index contributed by atoms with van der Waals surface area (Å²) < 4.78 is 38.9. The van der Waals surface area contributed by atoms with E-state index in [4.69, 9.17) is 4.74 Å². The molecular weight excluding hydrogens is 521 g/mol. The number of allylic oxidation sites excluding steroid dienone is 4. The molecule has 1 aromatic carbocycles. The fourth-order valence-corrected chi connectivity index (χ4v) is 4.45. The quantitative estimate of drug-likeness (QED) is 0.159. The third-order valence-corrected chi connectivity index (χ3v) is 6.70. The molecule has 2 aliphatic rings. The van der Waals surface area contributed by atoms with Crippen LogP contribution in [0.5, 0.6) is 5.75 Å². The van der Waals surface area contributed by atoms with E-state index in [1.54, 1.807) is 29.2 Å². The van der Waals surface area contributed by atoms with Crippen LogP contribution in [0.25, 0.3) is 0 Å². The minimum absolute atomic E-state index is 0. The fourth-order valence-electron chi connectivity index (χ4n) is 3.97. The third-order valence-electron chi connectivity index (χ3n) is 5.91. The molecule has 1 fully saturated rings. The van der Waals surface area contributed by atoms with Gasteiger partial charge in [-0.05, 0) is 43.5 Å². The number of carbonyl (C=O) groups excluding carboxylic acids is 3. The predicted molar refractivity (Wildman–Crippen MR) is 138 cm³/mol. The van der Waals surface area contributed by atoms with Gasteiger partial charge in [-0.15, -0.1) is 0 Å². The zero-order valence-corrected chi connectivity index (χ0v) is 24.9. The van der Waals surface area contributed by atoms with E-state index in [1.807, 2.05) is 26.0 Å². The molecule has 0 N–H and O–H groups in total. The number of amides is 4. The summed E-state index contributed by atoms with van der Waals surface area (Å²) >= 11 is 0. The Balaban J connectivity index is 0.00000507. The van der Waals surface area contributed by atoms with Gasteiger partial charge in [0.05, 0.1) is 15.8 Å². The van der Waals surface area contributed by atoms with Crippen LogP contribution in [0.15, 0.2) is 60.0 Å². The number of nitrogens with zero attached hydrogens (tertiary/aromatic N) is 3. The van der Waals surface area contributed by atoms with E-state index in [-0.39, 0.29) is 61.2 Å². The first-order valence-corrected chi connectivity index (χ1v) is 14.0. The van der Waals surface area contributed by atoms with Crippen molar-refractivity contribution in [3.63, 3.8) is 0 Å². The van der Waals surface area contributed by atoms with Gasteiger partial charge in [-0.3, -0.25) is 19.4 Å². The van der Waals surface area contributed by atoms with Gasteiger partial charge in [0.25, 0.3) is 11.8 Å². The number of hydrogen-bond acceptors (Lipinski definition) is 8. The van der Waals surface area contributed by atoms with Crippen molar-refractivity contribution in [2.24, 2.45) is 0 Å². The second kappa shape index (κ2) is 14.6. The van der Waals surface area contributed by atoms with Gasteiger partial charge in [0.15, 0.2) is 5.75 Å². The number of rotatable bonds is 12. The van der Waals surface area contributed by atoms with Gasteiger partial charge in [-0.2, -0.15) is 0 Å². The van der Waals surface area contributed by atoms with Crippen LogP contribution in [0, 0.1) is 0 Å². The molecule has 10 nitrogen and oxygen atoms in total. The van der Waals surface area contributed by atoms with E-state index in [0.717, 1.165) is 28.3 Å². The van der Waals surface area contributed by atoms with E-state index < -0.39 is 33.7 Å². The third kappa shape index (κ3) is 8.03. The topological polar surface area (TPSA) is 127 Å². The smallest absolute Gasteiger partial charge is 0.748 e. The van der Waals surface area contributed by atoms with Crippen LogP contribution in [0.3, 0.4) is 0 Å². The summed E-state index contributed by atoms with van der Waals surface area (Å²) in [5.74, 6) is -0.728. The molecule has 1 aromatic rings. The maximum absolute atomic E-state index is 13.0. The number of barbiturate groups is 1. The van der Waals surface area contributed by atoms with Crippen molar-refractivity contribution < 1.29 is 61.6 Å². The molecule has 0 unspecified atom stereocenters. The van der Waals surface area contributed by atoms with Gasteiger partial charge >= 0.3 is 35.6 Å². The van der Waals surface area contributed by atoms with Crippen molar-refractivity contribution in [2.45, 2.75) is 46.0 Å².